The maximum Gasteiger partial charge on any atom is 0.253 e. The van der Waals surface area contributed by atoms with E-state index in [-0.39, 0.29) is 12.5 Å². The van der Waals surface area contributed by atoms with Gasteiger partial charge in [-0.2, -0.15) is 5.10 Å². The van der Waals surface area contributed by atoms with Gasteiger partial charge in [-0.25, -0.2) is 10.4 Å². The predicted octanol–water partition coefficient (Wildman–Crippen LogP) is -1.18. The van der Waals surface area contributed by atoms with Crippen LogP contribution in [0.1, 0.15) is 5.69 Å². The number of aromatic amines is 1. The fourth-order valence-corrected chi connectivity index (χ4v) is 0.557. The number of carbonyl (C=O) groups is 1. The summed E-state index contributed by atoms with van der Waals surface area (Å²) < 4.78 is 0. The number of aromatic nitrogens is 2. The van der Waals surface area contributed by atoms with Gasteiger partial charge in [0.25, 0.3) is 5.91 Å². The van der Waals surface area contributed by atoms with Crippen LogP contribution in [0.4, 0.5) is 0 Å². The molecule has 0 aromatic carbocycles. The Labute approximate surface area is 68.9 Å². The molecule has 1 aromatic heterocycles. The zero-order chi connectivity index (χ0) is 8.81. The third-order valence-electron chi connectivity index (χ3n) is 1.10. The third-order valence-corrected chi connectivity index (χ3v) is 1.10. The Kier molecular flexibility index (Phi) is 2.97. The average Bonchev–Trinajstić information content (AvgIpc) is 2.57. The molecule has 0 bridgehead atoms. The summed E-state index contributed by atoms with van der Waals surface area (Å²) in [5.74, 6) is -0.328. The Balaban J connectivity index is 2.37. The molecule has 1 aromatic rings. The van der Waals surface area contributed by atoms with Gasteiger partial charge in [-0.05, 0) is 0 Å². The van der Waals surface area contributed by atoms with Crippen molar-refractivity contribution in [2.24, 2.45) is 10.8 Å². The Hall–Kier alpha value is -1.69. The Morgan fingerprint density at radius 1 is 1.92 bits per heavy atom. The van der Waals surface area contributed by atoms with E-state index in [0.29, 0.717) is 5.69 Å². The van der Waals surface area contributed by atoms with E-state index in [9.17, 15) is 4.79 Å². The highest BCUT2D eigenvalue weighted by molar-refractivity contribution is 5.81. The molecule has 1 amide bonds. The molecule has 0 atom stereocenters. The van der Waals surface area contributed by atoms with Crippen LogP contribution in [0, 0.1) is 0 Å². The van der Waals surface area contributed by atoms with Crippen LogP contribution in [0.5, 0.6) is 0 Å². The van der Waals surface area contributed by atoms with Crippen LogP contribution in [0.2, 0.25) is 0 Å². The normalized spacial score (nSPS) is 10.4. The van der Waals surface area contributed by atoms with Crippen LogP contribution in [0.3, 0.4) is 0 Å². The quantitative estimate of drug-likeness (QED) is 0.390. The van der Waals surface area contributed by atoms with Crippen molar-refractivity contribution in [2.45, 2.75) is 0 Å². The van der Waals surface area contributed by atoms with Crippen LogP contribution in [-0.2, 0) is 4.79 Å². The van der Waals surface area contributed by atoms with Crippen molar-refractivity contribution in [1.29, 1.82) is 0 Å². The van der Waals surface area contributed by atoms with E-state index in [1.807, 2.05) is 0 Å². The second-order valence-corrected chi connectivity index (χ2v) is 2.00. The Morgan fingerprint density at radius 2 is 2.75 bits per heavy atom. The van der Waals surface area contributed by atoms with Crippen LogP contribution in [0.25, 0.3) is 0 Å². The predicted molar refractivity (Wildman–Crippen MR) is 43.4 cm³/mol. The van der Waals surface area contributed by atoms with Crippen molar-refractivity contribution in [3.05, 3.63) is 18.2 Å². The molecule has 12 heavy (non-hydrogen) atoms. The summed E-state index contributed by atoms with van der Waals surface area (Å²) in [5, 5.41) is 3.61. The molecule has 0 aliphatic carbocycles. The number of H-pyrrole nitrogens is 1. The molecule has 0 radical (unpaired) electrons. The number of nitrogens with zero attached hydrogens (tertiary/aromatic N) is 2. The van der Waals surface area contributed by atoms with Crippen LogP contribution in [-0.4, -0.2) is 28.6 Å². The second-order valence-electron chi connectivity index (χ2n) is 2.00. The number of hydrogen-bond donors (Lipinski definition) is 3. The van der Waals surface area contributed by atoms with Gasteiger partial charge in [0.2, 0.25) is 0 Å². The van der Waals surface area contributed by atoms with Crippen molar-refractivity contribution in [3.63, 3.8) is 0 Å². The Morgan fingerprint density at radius 3 is 3.33 bits per heavy atom. The molecule has 6 heteroatoms. The molecule has 0 unspecified atom stereocenters. The summed E-state index contributed by atoms with van der Waals surface area (Å²) in [5.41, 5.74) is 7.97. The number of nitrogens with one attached hydrogen (secondary N) is 2. The highest BCUT2D eigenvalue weighted by Gasteiger charge is 1.91. The standard InChI is InChI=1S/C6H9N5O/c7-1-6(12)11-10-3-5-2-8-4-9-5/h2-4H,1,7H2,(H,8,9)(H,11,12)/b10-3+. The largest absolute Gasteiger partial charge is 0.344 e. The SMILES string of the molecule is NCC(=O)N/N=C/c1cnc[nH]1. The number of imidazole rings is 1. The van der Waals surface area contributed by atoms with E-state index >= 15 is 0 Å². The fraction of sp³-hybridized carbons (Fsp3) is 0.167. The molecular weight excluding hydrogens is 158 g/mol. The molecule has 0 spiro atoms. The lowest BCUT2D eigenvalue weighted by atomic mass is 10.5. The van der Waals surface area contributed by atoms with E-state index in [1.165, 1.54) is 12.5 Å². The topological polar surface area (TPSA) is 96.2 Å². The maximum absolute atomic E-state index is 10.6. The summed E-state index contributed by atoms with van der Waals surface area (Å²) in [7, 11) is 0. The minimum atomic E-state index is -0.328. The summed E-state index contributed by atoms with van der Waals surface area (Å²) in [4.78, 5) is 17.1. The smallest absolute Gasteiger partial charge is 0.253 e. The van der Waals surface area contributed by atoms with Crippen LogP contribution < -0.4 is 11.2 Å². The van der Waals surface area contributed by atoms with E-state index in [2.05, 4.69) is 20.5 Å². The van der Waals surface area contributed by atoms with Gasteiger partial charge in [-0.3, -0.25) is 4.79 Å². The second kappa shape index (κ2) is 4.24. The summed E-state index contributed by atoms with van der Waals surface area (Å²) in [6.07, 6.45) is 4.55. The number of amides is 1. The lowest BCUT2D eigenvalue weighted by Gasteiger charge is -1.91. The van der Waals surface area contributed by atoms with Gasteiger partial charge in [0.05, 0.1) is 31.0 Å². The fourth-order valence-electron chi connectivity index (χ4n) is 0.557. The van der Waals surface area contributed by atoms with Gasteiger partial charge in [0.1, 0.15) is 0 Å². The number of carbonyl (C=O) groups excluding carboxylic acids is 1. The first kappa shape index (κ1) is 8.41. The number of hydrogen-bond acceptors (Lipinski definition) is 4. The van der Waals surface area contributed by atoms with Crippen molar-refractivity contribution < 1.29 is 4.79 Å². The highest BCUT2D eigenvalue weighted by atomic mass is 16.2. The summed E-state index contributed by atoms with van der Waals surface area (Å²) in [6.45, 7) is -0.0691. The number of nitrogens with two attached hydrogens (primary N) is 1. The van der Waals surface area contributed by atoms with E-state index < -0.39 is 0 Å². The monoisotopic (exact) mass is 167 g/mol. The van der Waals surface area contributed by atoms with Crippen LogP contribution in [0.15, 0.2) is 17.6 Å². The molecule has 6 nitrogen and oxygen atoms in total. The first-order valence-electron chi connectivity index (χ1n) is 3.33. The zero-order valence-electron chi connectivity index (χ0n) is 6.32. The molecular formula is C6H9N5O. The van der Waals surface area contributed by atoms with E-state index in [1.54, 1.807) is 6.20 Å². The van der Waals surface area contributed by atoms with Crippen molar-refractivity contribution in [1.82, 2.24) is 15.4 Å². The molecule has 0 saturated heterocycles. The minimum Gasteiger partial charge on any atom is -0.344 e. The number of rotatable bonds is 3. The lowest BCUT2D eigenvalue weighted by Crippen LogP contribution is -2.26. The molecule has 1 heterocycles. The van der Waals surface area contributed by atoms with E-state index in [0.717, 1.165) is 0 Å². The van der Waals surface area contributed by atoms with Crippen LogP contribution >= 0.6 is 0 Å². The maximum atomic E-state index is 10.6. The zero-order valence-corrected chi connectivity index (χ0v) is 6.32. The average molecular weight is 167 g/mol. The highest BCUT2D eigenvalue weighted by Crippen LogP contribution is 1.82. The van der Waals surface area contributed by atoms with Crippen molar-refractivity contribution in [3.8, 4) is 0 Å². The lowest BCUT2D eigenvalue weighted by molar-refractivity contribution is -0.119. The molecule has 0 fully saturated rings. The first-order valence-corrected chi connectivity index (χ1v) is 3.33. The van der Waals surface area contributed by atoms with Gasteiger partial charge in [0, 0.05) is 0 Å². The third kappa shape index (κ3) is 2.51. The first-order chi connectivity index (χ1) is 5.83. The molecule has 0 saturated carbocycles. The van der Waals surface area contributed by atoms with Gasteiger partial charge >= 0.3 is 0 Å². The van der Waals surface area contributed by atoms with Gasteiger partial charge in [-0.1, -0.05) is 0 Å². The molecule has 1 rings (SSSR count). The minimum absolute atomic E-state index is 0.0691. The van der Waals surface area contributed by atoms with E-state index in [4.69, 9.17) is 5.73 Å². The molecule has 0 aliphatic heterocycles. The number of hydrazone groups is 1. The van der Waals surface area contributed by atoms with Crippen molar-refractivity contribution >= 4 is 12.1 Å². The van der Waals surface area contributed by atoms with Crippen molar-refractivity contribution in [2.75, 3.05) is 6.54 Å². The Bertz CT molecular complexity index is 265. The molecule has 0 aliphatic rings. The van der Waals surface area contributed by atoms with Gasteiger partial charge in [0.15, 0.2) is 0 Å². The molecule has 4 N–H and O–H groups in total. The van der Waals surface area contributed by atoms with Gasteiger partial charge < -0.3 is 10.7 Å². The molecule has 64 valence electrons. The summed E-state index contributed by atoms with van der Waals surface area (Å²) >= 11 is 0. The summed E-state index contributed by atoms with van der Waals surface area (Å²) in [6, 6.07) is 0. The van der Waals surface area contributed by atoms with Gasteiger partial charge in [-0.15, -0.1) is 0 Å².